The van der Waals surface area contributed by atoms with Crippen molar-refractivity contribution in [1.29, 1.82) is 0 Å². The number of methoxy groups -OCH3 is 1. The van der Waals surface area contributed by atoms with E-state index in [4.69, 9.17) is 19.9 Å². The van der Waals surface area contributed by atoms with Gasteiger partial charge in [-0.05, 0) is 13.3 Å². The summed E-state index contributed by atoms with van der Waals surface area (Å²) in [5, 5.41) is 0. The Hall–Kier alpha value is -1.49. The summed E-state index contributed by atoms with van der Waals surface area (Å²) in [6, 6.07) is 1.20. The molecule has 0 amide bonds. The summed E-state index contributed by atoms with van der Waals surface area (Å²) in [6.45, 7) is 2.93. The zero-order valence-electron chi connectivity index (χ0n) is 10.7. The lowest BCUT2D eigenvalue weighted by Crippen LogP contribution is -2.19. The largest absolute Gasteiger partial charge is 0.493 e. The van der Waals surface area contributed by atoms with Gasteiger partial charge in [-0.15, -0.1) is 0 Å². The van der Waals surface area contributed by atoms with E-state index in [9.17, 15) is 4.39 Å². The van der Waals surface area contributed by atoms with Crippen LogP contribution in [0.5, 0.6) is 17.2 Å². The van der Waals surface area contributed by atoms with Crippen molar-refractivity contribution in [1.82, 2.24) is 0 Å². The Morgan fingerprint density at radius 1 is 1.44 bits per heavy atom. The van der Waals surface area contributed by atoms with Crippen molar-refractivity contribution < 1.29 is 18.6 Å². The van der Waals surface area contributed by atoms with Crippen molar-refractivity contribution in [2.45, 2.75) is 25.8 Å². The first kappa shape index (κ1) is 13.0. The van der Waals surface area contributed by atoms with Gasteiger partial charge in [0.05, 0.1) is 20.3 Å². The van der Waals surface area contributed by atoms with E-state index in [2.05, 4.69) is 0 Å². The minimum Gasteiger partial charge on any atom is -0.493 e. The molecular weight excluding hydrogens is 237 g/mol. The van der Waals surface area contributed by atoms with Crippen molar-refractivity contribution in [3.8, 4) is 17.2 Å². The molecule has 0 saturated carbocycles. The van der Waals surface area contributed by atoms with Crippen LogP contribution in [0.2, 0.25) is 0 Å². The van der Waals surface area contributed by atoms with Gasteiger partial charge in [-0.3, -0.25) is 0 Å². The highest BCUT2D eigenvalue weighted by Gasteiger charge is 2.23. The fourth-order valence-corrected chi connectivity index (χ4v) is 2.05. The molecule has 1 heterocycles. The summed E-state index contributed by atoms with van der Waals surface area (Å²) in [5.41, 5.74) is 6.44. The molecule has 0 aliphatic carbocycles. The highest BCUT2D eigenvalue weighted by atomic mass is 19.1. The molecule has 1 atom stereocenters. The van der Waals surface area contributed by atoms with Crippen LogP contribution in [-0.4, -0.2) is 26.4 Å². The molecule has 18 heavy (non-hydrogen) atoms. The van der Waals surface area contributed by atoms with E-state index in [1.807, 2.05) is 6.92 Å². The lowest BCUT2D eigenvalue weighted by molar-refractivity contribution is 0.295. The normalized spacial score (nSPS) is 16.0. The molecule has 1 aromatic carbocycles. The molecule has 0 aromatic heterocycles. The van der Waals surface area contributed by atoms with E-state index in [0.717, 1.165) is 6.42 Å². The van der Waals surface area contributed by atoms with Crippen LogP contribution >= 0.6 is 0 Å². The molecule has 1 aliphatic heterocycles. The van der Waals surface area contributed by atoms with E-state index in [1.165, 1.54) is 13.2 Å². The summed E-state index contributed by atoms with van der Waals surface area (Å²) < 4.78 is 30.2. The Labute approximate surface area is 106 Å². The second kappa shape index (κ2) is 5.44. The Morgan fingerprint density at radius 2 is 2.17 bits per heavy atom. The topological polar surface area (TPSA) is 53.7 Å². The van der Waals surface area contributed by atoms with Gasteiger partial charge in [0.25, 0.3) is 0 Å². The Kier molecular flexibility index (Phi) is 3.91. The Bertz CT molecular complexity index is 435. The number of hydrogen-bond acceptors (Lipinski definition) is 4. The summed E-state index contributed by atoms with van der Waals surface area (Å²) >= 11 is 0. The number of nitrogens with two attached hydrogens (primary N) is 1. The smallest absolute Gasteiger partial charge is 0.169 e. The van der Waals surface area contributed by atoms with Crippen molar-refractivity contribution in [3.63, 3.8) is 0 Å². The molecule has 0 fully saturated rings. The number of ether oxygens (including phenoxy) is 3. The van der Waals surface area contributed by atoms with Crippen LogP contribution in [0.4, 0.5) is 4.39 Å². The average Bonchev–Trinajstić information content (AvgIpc) is 2.53. The van der Waals surface area contributed by atoms with Crippen LogP contribution in [0.15, 0.2) is 6.07 Å². The molecule has 100 valence electrons. The minimum atomic E-state index is -0.447. The fourth-order valence-electron chi connectivity index (χ4n) is 2.05. The summed E-state index contributed by atoms with van der Waals surface area (Å²) in [7, 11) is 1.44. The molecule has 1 unspecified atom stereocenters. The molecule has 1 aliphatic rings. The minimum absolute atomic E-state index is 0.114. The lowest BCUT2D eigenvalue weighted by Gasteiger charge is -2.18. The van der Waals surface area contributed by atoms with Gasteiger partial charge in [-0.25, -0.2) is 4.39 Å². The van der Waals surface area contributed by atoms with Gasteiger partial charge in [0.2, 0.25) is 0 Å². The molecule has 4 nitrogen and oxygen atoms in total. The predicted octanol–water partition coefficient (Wildman–Crippen LogP) is 1.89. The van der Waals surface area contributed by atoms with Crippen LogP contribution in [0, 0.1) is 5.82 Å². The first-order chi connectivity index (χ1) is 8.63. The molecule has 2 N–H and O–H groups in total. The number of halogens is 1. The molecule has 2 rings (SSSR count). The predicted molar refractivity (Wildman–Crippen MR) is 65.9 cm³/mol. The molecule has 0 radical (unpaired) electrons. The van der Waals surface area contributed by atoms with E-state index in [1.54, 1.807) is 0 Å². The van der Waals surface area contributed by atoms with E-state index < -0.39 is 5.82 Å². The van der Waals surface area contributed by atoms with E-state index in [-0.39, 0.29) is 11.8 Å². The third kappa shape index (κ3) is 2.51. The van der Waals surface area contributed by atoms with Crippen molar-refractivity contribution in [2.75, 3.05) is 20.3 Å². The number of fused-ring (bicyclic) bond motifs is 1. The van der Waals surface area contributed by atoms with E-state index >= 15 is 0 Å². The number of rotatable bonds is 3. The van der Waals surface area contributed by atoms with Crippen LogP contribution in [0.3, 0.4) is 0 Å². The molecule has 0 bridgehead atoms. The van der Waals surface area contributed by atoms with Crippen LogP contribution in [-0.2, 0) is 6.42 Å². The second-order valence-electron chi connectivity index (χ2n) is 4.43. The zero-order chi connectivity index (χ0) is 13.1. The van der Waals surface area contributed by atoms with Gasteiger partial charge in [0.1, 0.15) is 0 Å². The average molecular weight is 255 g/mol. The number of hydrogen-bond donors (Lipinski definition) is 1. The molecular formula is C13H18FNO3. The third-order valence-electron chi connectivity index (χ3n) is 2.77. The molecule has 0 spiro atoms. The van der Waals surface area contributed by atoms with Crippen molar-refractivity contribution >= 4 is 0 Å². The highest BCUT2D eigenvalue weighted by molar-refractivity contribution is 5.55. The monoisotopic (exact) mass is 255 g/mol. The maximum atomic E-state index is 13.9. The fraction of sp³-hybridized carbons (Fsp3) is 0.538. The lowest BCUT2D eigenvalue weighted by atomic mass is 10.0. The van der Waals surface area contributed by atoms with Crippen molar-refractivity contribution in [2.24, 2.45) is 5.73 Å². The van der Waals surface area contributed by atoms with Gasteiger partial charge in [0.15, 0.2) is 23.1 Å². The summed E-state index contributed by atoms with van der Waals surface area (Å²) in [5.74, 6) is 0.735. The first-order valence-corrected chi connectivity index (χ1v) is 6.04. The van der Waals surface area contributed by atoms with Gasteiger partial charge in [0, 0.05) is 24.1 Å². The Balaban J connectivity index is 2.53. The van der Waals surface area contributed by atoms with Gasteiger partial charge >= 0.3 is 0 Å². The maximum absolute atomic E-state index is 13.9. The SMILES string of the molecule is COc1c(F)cc2c(c1CC(C)N)OCCCO2. The van der Waals surface area contributed by atoms with Crippen LogP contribution in [0.1, 0.15) is 18.9 Å². The van der Waals surface area contributed by atoms with Gasteiger partial charge in [-0.2, -0.15) is 0 Å². The first-order valence-electron chi connectivity index (χ1n) is 6.04. The van der Waals surface area contributed by atoms with Crippen LogP contribution in [0.25, 0.3) is 0 Å². The molecule has 5 heteroatoms. The van der Waals surface area contributed by atoms with Crippen molar-refractivity contribution in [3.05, 3.63) is 17.4 Å². The molecule has 1 aromatic rings. The summed E-state index contributed by atoms with van der Waals surface area (Å²) in [6.07, 6.45) is 1.25. The standard InChI is InChI=1S/C13H18FNO3/c1-8(15)6-9-12(16-2)10(14)7-11-13(9)18-5-3-4-17-11/h7-8H,3-6,15H2,1-2H3. The van der Waals surface area contributed by atoms with E-state index in [0.29, 0.717) is 36.7 Å². The van der Waals surface area contributed by atoms with Crippen LogP contribution < -0.4 is 19.9 Å². The number of benzene rings is 1. The summed E-state index contributed by atoms with van der Waals surface area (Å²) in [4.78, 5) is 0. The van der Waals surface area contributed by atoms with Gasteiger partial charge < -0.3 is 19.9 Å². The van der Waals surface area contributed by atoms with Gasteiger partial charge in [-0.1, -0.05) is 0 Å². The molecule has 0 saturated heterocycles. The second-order valence-corrected chi connectivity index (χ2v) is 4.43. The highest BCUT2D eigenvalue weighted by Crippen LogP contribution is 2.41. The zero-order valence-corrected chi connectivity index (χ0v) is 10.7. The third-order valence-corrected chi connectivity index (χ3v) is 2.77. The Morgan fingerprint density at radius 3 is 2.83 bits per heavy atom. The quantitative estimate of drug-likeness (QED) is 0.896. The maximum Gasteiger partial charge on any atom is 0.169 e.